The van der Waals surface area contributed by atoms with Crippen LogP contribution in [0.25, 0.3) is 0 Å². The van der Waals surface area contributed by atoms with E-state index in [1.165, 1.54) is 18.2 Å². The molecular weight excluding hydrogens is 225 g/mol. The average Bonchev–Trinajstić information content (AvgIpc) is 2.16. The van der Waals surface area contributed by atoms with Crippen molar-refractivity contribution >= 4 is 0 Å². The maximum atomic E-state index is 11.9. The van der Waals surface area contributed by atoms with Crippen molar-refractivity contribution in [3.05, 3.63) is 24.3 Å². The lowest BCUT2D eigenvalue weighted by Crippen LogP contribution is -2.17. The van der Waals surface area contributed by atoms with Gasteiger partial charge in [0, 0.05) is 12.7 Å². The molecule has 0 aliphatic rings. The van der Waals surface area contributed by atoms with Crippen molar-refractivity contribution < 1.29 is 27.4 Å². The lowest BCUT2D eigenvalue weighted by Gasteiger charge is -2.10. The van der Waals surface area contributed by atoms with Crippen molar-refractivity contribution in [2.24, 2.45) is 0 Å². The van der Waals surface area contributed by atoms with Crippen LogP contribution in [0.15, 0.2) is 24.3 Å². The van der Waals surface area contributed by atoms with Crippen LogP contribution in [0.5, 0.6) is 11.5 Å². The van der Waals surface area contributed by atoms with E-state index < -0.39 is 6.36 Å². The van der Waals surface area contributed by atoms with Gasteiger partial charge in [0.05, 0.1) is 0 Å². The van der Waals surface area contributed by atoms with Gasteiger partial charge in [0.1, 0.15) is 11.5 Å². The van der Waals surface area contributed by atoms with Crippen molar-refractivity contribution in [1.29, 1.82) is 0 Å². The topological polar surface area (TPSA) is 27.7 Å². The van der Waals surface area contributed by atoms with Gasteiger partial charge in [-0.3, -0.25) is 0 Å². The highest BCUT2D eigenvalue weighted by Crippen LogP contribution is 2.25. The molecule has 0 saturated carbocycles. The molecule has 1 aromatic carbocycles. The van der Waals surface area contributed by atoms with Gasteiger partial charge in [-0.2, -0.15) is 0 Å². The van der Waals surface area contributed by atoms with E-state index in [2.05, 4.69) is 4.74 Å². The predicted molar refractivity (Wildman–Crippen MR) is 50.2 cm³/mol. The van der Waals surface area contributed by atoms with Crippen LogP contribution in [0.3, 0.4) is 0 Å². The maximum Gasteiger partial charge on any atom is 0.573 e. The van der Waals surface area contributed by atoms with Crippen molar-refractivity contribution in [2.75, 3.05) is 13.4 Å². The van der Waals surface area contributed by atoms with Gasteiger partial charge in [-0.25, -0.2) is 0 Å². The summed E-state index contributed by atoms with van der Waals surface area (Å²) >= 11 is 0. The summed E-state index contributed by atoms with van der Waals surface area (Å²) in [5.41, 5.74) is 0. The van der Waals surface area contributed by atoms with Crippen molar-refractivity contribution in [3.8, 4) is 11.5 Å². The molecule has 0 fully saturated rings. The zero-order valence-electron chi connectivity index (χ0n) is 8.58. The summed E-state index contributed by atoms with van der Waals surface area (Å²) in [7, 11) is 0. The van der Waals surface area contributed by atoms with E-state index in [1.54, 1.807) is 6.92 Å². The zero-order valence-corrected chi connectivity index (χ0v) is 8.58. The molecule has 0 aliphatic carbocycles. The van der Waals surface area contributed by atoms with Crippen molar-refractivity contribution in [3.63, 3.8) is 0 Å². The second-order valence-corrected chi connectivity index (χ2v) is 2.78. The van der Waals surface area contributed by atoms with E-state index in [1.807, 2.05) is 0 Å². The molecule has 0 aliphatic heterocycles. The SMILES string of the molecule is CCOCOc1cccc(OC(F)(F)F)c1. The second kappa shape index (κ2) is 5.60. The van der Waals surface area contributed by atoms with E-state index in [0.717, 1.165) is 6.07 Å². The first-order valence-electron chi connectivity index (χ1n) is 4.57. The number of alkyl halides is 3. The fourth-order valence-electron chi connectivity index (χ4n) is 0.954. The van der Waals surface area contributed by atoms with Crippen LogP contribution >= 0.6 is 0 Å². The van der Waals surface area contributed by atoms with Gasteiger partial charge in [-0.05, 0) is 19.1 Å². The third kappa shape index (κ3) is 4.88. The molecule has 0 spiro atoms. The fourth-order valence-corrected chi connectivity index (χ4v) is 0.954. The second-order valence-electron chi connectivity index (χ2n) is 2.78. The molecule has 0 N–H and O–H groups in total. The van der Waals surface area contributed by atoms with Crippen LogP contribution in [-0.2, 0) is 4.74 Å². The Morgan fingerprint density at radius 1 is 1.19 bits per heavy atom. The summed E-state index contributed by atoms with van der Waals surface area (Å²) in [4.78, 5) is 0. The number of benzene rings is 1. The first-order valence-corrected chi connectivity index (χ1v) is 4.57. The number of rotatable bonds is 5. The summed E-state index contributed by atoms with van der Waals surface area (Å²) in [5, 5.41) is 0. The highest BCUT2D eigenvalue weighted by Gasteiger charge is 2.31. The molecule has 0 radical (unpaired) electrons. The van der Waals surface area contributed by atoms with E-state index in [4.69, 9.17) is 9.47 Å². The molecule has 3 nitrogen and oxygen atoms in total. The minimum atomic E-state index is -4.70. The standard InChI is InChI=1S/C10H11F3O3/c1-2-14-7-15-8-4-3-5-9(6-8)16-10(11,12)13/h3-6H,2,7H2,1H3. The highest BCUT2D eigenvalue weighted by molar-refractivity contribution is 5.32. The summed E-state index contributed by atoms with van der Waals surface area (Å²) in [6, 6.07) is 5.26. The lowest BCUT2D eigenvalue weighted by atomic mass is 10.3. The Morgan fingerprint density at radius 2 is 1.88 bits per heavy atom. The lowest BCUT2D eigenvalue weighted by molar-refractivity contribution is -0.274. The van der Waals surface area contributed by atoms with E-state index in [-0.39, 0.29) is 18.3 Å². The van der Waals surface area contributed by atoms with Gasteiger partial charge in [0.2, 0.25) is 0 Å². The first-order chi connectivity index (χ1) is 7.51. The van der Waals surface area contributed by atoms with Crippen molar-refractivity contribution in [1.82, 2.24) is 0 Å². The van der Waals surface area contributed by atoms with Crippen LogP contribution in [0.2, 0.25) is 0 Å². The molecule has 0 amide bonds. The quantitative estimate of drug-likeness (QED) is 0.581. The van der Waals surface area contributed by atoms with E-state index in [0.29, 0.717) is 6.61 Å². The molecule has 0 bridgehead atoms. The van der Waals surface area contributed by atoms with Crippen LogP contribution in [0, 0.1) is 0 Å². The number of hydrogen-bond donors (Lipinski definition) is 0. The van der Waals surface area contributed by atoms with Crippen LogP contribution in [-0.4, -0.2) is 19.8 Å². The summed E-state index contributed by atoms with van der Waals surface area (Å²) < 4.78 is 49.3. The fraction of sp³-hybridized carbons (Fsp3) is 0.400. The molecule has 1 rings (SSSR count). The maximum absolute atomic E-state index is 11.9. The molecule has 16 heavy (non-hydrogen) atoms. The Bertz CT molecular complexity index is 325. The van der Waals surface area contributed by atoms with Gasteiger partial charge in [0.25, 0.3) is 0 Å². The van der Waals surface area contributed by atoms with Crippen molar-refractivity contribution in [2.45, 2.75) is 13.3 Å². The molecule has 0 unspecified atom stereocenters. The molecule has 0 atom stereocenters. The molecule has 0 saturated heterocycles. The van der Waals surface area contributed by atoms with Crippen LogP contribution < -0.4 is 9.47 Å². The summed E-state index contributed by atoms with van der Waals surface area (Å²) in [6.07, 6.45) is -4.70. The number of ether oxygens (including phenoxy) is 3. The summed E-state index contributed by atoms with van der Waals surface area (Å²) in [6.45, 7) is 2.25. The van der Waals surface area contributed by atoms with Gasteiger partial charge in [-0.1, -0.05) is 6.07 Å². The molecule has 90 valence electrons. The normalized spacial score (nSPS) is 11.2. The van der Waals surface area contributed by atoms with E-state index >= 15 is 0 Å². The zero-order chi connectivity index (χ0) is 12.0. The Hall–Kier alpha value is -1.43. The van der Waals surface area contributed by atoms with Gasteiger partial charge in [0.15, 0.2) is 6.79 Å². The predicted octanol–water partition coefficient (Wildman–Crippen LogP) is 2.96. The molecule has 0 heterocycles. The smallest absolute Gasteiger partial charge is 0.467 e. The average molecular weight is 236 g/mol. The minimum absolute atomic E-state index is 0.00797. The summed E-state index contributed by atoms with van der Waals surface area (Å²) in [5.74, 6) is -0.0586. The monoisotopic (exact) mass is 236 g/mol. The van der Waals surface area contributed by atoms with E-state index in [9.17, 15) is 13.2 Å². The molecular formula is C10H11F3O3. The van der Waals surface area contributed by atoms with Gasteiger partial charge < -0.3 is 14.2 Å². The molecule has 6 heteroatoms. The minimum Gasteiger partial charge on any atom is -0.467 e. The van der Waals surface area contributed by atoms with Gasteiger partial charge >= 0.3 is 6.36 Å². The van der Waals surface area contributed by atoms with Gasteiger partial charge in [-0.15, -0.1) is 13.2 Å². The first kappa shape index (κ1) is 12.6. The Labute approximate surface area is 90.7 Å². The molecule has 1 aromatic rings. The van der Waals surface area contributed by atoms with Crippen LogP contribution in [0.4, 0.5) is 13.2 Å². The van der Waals surface area contributed by atoms with Crippen LogP contribution in [0.1, 0.15) is 6.92 Å². The largest absolute Gasteiger partial charge is 0.573 e. The highest BCUT2D eigenvalue weighted by atomic mass is 19.4. The number of hydrogen-bond acceptors (Lipinski definition) is 3. The molecule has 0 aromatic heterocycles. The number of halogens is 3. The Kier molecular flexibility index (Phi) is 4.42. The Morgan fingerprint density at radius 3 is 2.50 bits per heavy atom. The Balaban J connectivity index is 2.57. The third-order valence-electron chi connectivity index (χ3n) is 1.55. The third-order valence-corrected chi connectivity index (χ3v) is 1.55.